The minimum absolute atomic E-state index is 0.156. The minimum atomic E-state index is -0.794. The molecule has 3 N–H and O–H groups in total. The number of aliphatic hydroxyl groups excluding tert-OH is 2. The third-order valence-corrected chi connectivity index (χ3v) is 3.41. The van der Waals surface area contributed by atoms with Crippen molar-refractivity contribution in [3.8, 4) is 0 Å². The highest BCUT2D eigenvalue weighted by molar-refractivity contribution is 5.66. The average Bonchev–Trinajstić information content (AvgIpc) is 2.55. The third kappa shape index (κ3) is 15.3. The van der Waals surface area contributed by atoms with Gasteiger partial charge in [0.1, 0.15) is 0 Å². The van der Waals surface area contributed by atoms with Crippen molar-refractivity contribution < 1.29 is 20.1 Å². The fourth-order valence-corrected chi connectivity index (χ4v) is 1.98. The van der Waals surface area contributed by atoms with Crippen molar-refractivity contribution in [3.05, 3.63) is 48.6 Å². The molecule has 24 heavy (non-hydrogen) atoms. The van der Waals surface area contributed by atoms with Crippen molar-refractivity contribution in [1.82, 2.24) is 0 Å². The molecule has 0 aliphatic rings. The molecular formula is C20H32O4. The van der Waals surface area contributed by atoms with Crippen LogP contribution < -0.4 is 0 Å². The lowest BCUT2D eigenvalue weighted by atomic mass is 10.1. The zero-order valence-corrected chi connectivity index (χ0v) is 14.7. The number of allylic oxidation sites excluding steroid dienone is 6. The molecule has 4 heteroatoms. The Labute approximate surface area is 145 Å². The molecule has 0 saturated heterocycles. The Bertz CT molecular complexity index is 421. The van der Waals surface area contributed by atoms with Crippen molar-refractivity contribution in [2.45, 2.75) is 70.5 Å². The van der Waals surface area contributed by atoms with Gasteiger partial charge in [0.25, 0.3) is 0 Å². The van der Waals surface area contributed by atoms with Gasteiger partial charge in [-0.1, -0.05) is 55.5 Å². The van der Waals surface area contributed by atoms with Gasteiger partial charge in [0, 0.05) is 6.42 Å². The first kappa shape index (κ1) is 22.4. The first-order chi connectivity index (χ1) is 11.6. The highest BCUT2D eigenvalue weighted by Crippen LogP contribution is 2.07. The van der Waals surface area contributed by atoms with Crippen LogP contribution in [0.4, 0.5) is 0 Å². The maximum atomic E-state index is 10.3. The summed E-state index contributed by atoms with van der Waals surface area (Å²) in [4.78, 5) is 10.3. The van der Waals surface area contributed by atoms with Crippen LogP contribution in [-0.4, -0.2) is 33.5 Å². The van der Waals surface area contributed by atoms with Crippen molar-refractivity contribution in [2.24, 2.45) is 0 Å². The molecule has 0 aliphatic heterocycles. The van der Waals surface area contributed by atoms with Gasteiger partial charge >= 0.3 is 5.97 Å². The van der Waals surface area contributed by atoms with E-state index in [1.165, 1.54) is 0 Å². The number of hydrogen-bond acceptors (Lipinski definition) is 3. The van der Waals surface area contributed by atoms with Crippen LogP contribution in [-0.2, 0) is 4.79 Å². The van der Waals surface area contributed by atoms with Gasteiger partial charge in [-0.3, -0.25) is 4.79 Å². The number of carboxylic acids is 1. The van der Waals surface area contributed by atoms with Crippen molar-refractivity contribution >= 4 is 5.97 Å². The summed E-state index contributed by atoms with van der Waals surface area (Å²) in [6.07, 6.45) is 19.5. The normalized spacial score (nSPS) is 15.1. The maximum absolute atomic E-state index is 10.3. The van der Waals surface area contributed by atoms with Crippen LogP contribution in [0.25, 0.3) is 0 Å². The van der Waals surface area contributed by atoms with Gasteiger partial charge in [0.05, 0.1) is 12.2 Å². The van der Waals surface area contributed by atoms with E-state index in [2.05, 4.69) is 31.2 Å². The van der Waals surface area contributed by atoms with Crippen LogP contribution in [0, 0.1) is 0 Å². The van der Waals surface area contributed by atoms with E-state index < -0.39 is 18.2 Å². The summed E-state index contributed by atoms with van der Waals surface area (Å²) < 4.78 is 0. The SMILES string of the molecule is CCC=CCC=CCC=CCC(O)C(O)CC=CCCCC(=O)O. The van der Waals surface area contributed by atoms with Gasteiger partial charge in [-0.15, -0.1) is 0 Å². The summed E-state index contributed by atoms with van der Waals surface area (Å²) in [5.74, 6) is -0.794. The second-order valence-corrected chi connectivity index (χ2v) is 5.66. The number of aliphatic hydroxyl groups is 2. The fraction of sp³-hybridized carbons (Fsp3) is 0.550. The first-order valence-corrected chi connectivity index (χ1v) is 8.75. The van der Waals surface area contributed by atoms with Gasteiger partial charge < -0.3 is 15.3 Å². The molecule has 0 heterocycles. The molecule has 0 spiro atoms. The monoisotopic (exact) mass is 336 g/mol. The number of carbonyl (C=O) groups is 1. The molecule has 0 aromatic rings. The quantitative estimate of drug-likeness (QED) is 0.329. The average molecular weight is 336 g/mol. The van der Waals surface area contributed by atoms with Crippen LogP contribution in [0.15, 0.2) is 48.6 Å². The predicted octanol–water partition coefficient (Wildman–Crippen LogP) is 4.16. The van der Waals surface area contributed by atoms with Crippen LogP contribution in [0.5, 0.6) is 0 Å². The minimum Gasteiger partial charge on any atom is -0.481 e. The molecule has 0 aromatic carbocycles. The summed E-state index contributed by atoms with van der Waals surface area (Å²) in [6, 6.07) is 0. The predicted molar refractivity (Wildman–Crippen MR) is 98.8 cm³/mol. The zero-order valence-electron chi connectivity index (χ0n) is 14.7. The number of rotatable bonds is 14. The maximum Gasteiger partial charge on any atom is 0.303 e. The van der Waals surface area contributed by atoms with E-state index in [1.54, 1.807) is 6.08 Å². The standard InChI is InChI=1S/C20H32O4/c1-2-3-4-5-6-7-8-9-12-15-18(21)19(22)16-13-10-11-14-17-20(23)24/h3-4,6-7,9-10,12-13,18-19,21-22H,2,5,8,11,14-17H2,1H3,(H,23,24). The molecule has 2 unspecified atom stereocenters. The molecular weight excluding hydrogens is 304 g/mol. The third-order valence-electron chi connectivity index (χ3n) is 3.41. The van der Waals surface area contributed by atoms with Crippen molar-refractivity contribution in [1.29, 1.82) is 0 Å². The summed E-state index contributed by atoms with van der Waals surface area (Å²) in [5, 5.41) is 28.2. The van der Waals surface area contributed by atoms with E-state index in [9.17, 15) is 15.0 Å². The van der Waals surface area contributed by atoms with E-state index in [1.807, 2.05) is 18.2 Å². The smallest absolute Gasteiger partial charge is 0.303 e. The molecule has 0 radical (unpaired) electrons. The van der Waals surface area contributed by atoms with Gasteiger partial charge in [-0.05, 0) is 44.9 Å². The van der Waals surface area contributed by atoms with E-state index in [0.29, 0.717) is 25.7 Å². The van der Waals surface area contributed by atoms with E-state index >= 15 is 0 Å². The Balaban J connectivity index is 3.75. The van der Waals surface area contributed by atoms with Crippen LogP contribution in [0.1, 0.15) is 58.3 Å². The number of unbranched alkanes of at least 4 members (excludes halogenated alkanes) is 1. The summed E-state index contributed by atoms with van der Waals surface area (Å²) in [6.45, 7) is 2.11. The number of aliphatic carboxylic acids is 1. The Morgan fingerprint density at radius 2 is 1.33 bits per heavy atom. The lowest BCUT2D eigenvalue weighted by molar-refractivity contribution is -0.137. The first-order valence-electron chi connectivity index (χ1n) is 8.75. The number of hydrogen-bond donors (Lipinski definition) is 3. The van der Waals surface area contributed by atoms with E-state index in [0.717, 1.165) is 19.3 Å². The van der Waals surface area contributed by atoms with Gasteiger partial charge in [-0.25, -0.2) is 0 Å². The molecule has 0 aliphatic carbocycles. The van der Waals surface area contributed by atoms with Gasteiger partial charge in [-0.2, -0.15) is 0 Å². The molecule has 2 atom stereocenters. The second-order valence-electron chi connectivity index (χ2n) is 5.66. The molecule has 0 amide bonds. The van der Waals surface area contributed by atoms with Crippen molar-refractivity contribution in [3.63, 3.8) is 0 Å². The molecule has 136 valence electrons. The van der Waals surface area contributed by atoms with E-state index in [-0.39, 0.29) is 6.42 Å². The Morgan fingerprint density at radius 3 is 1.88 bits per heavy atom. The van der Waals surface area contributed by atoms with Crippen LogP contribution >= 0.6 is 0 Å². The molecule has 4 nitrogen and oxygen atoms in total. The van der Waals surface area contributed by atoms with Gasteiger partial charge in [0.15, 0.2) is 0 Å². The topological polar surface area (TPSA) is 77.8 Å². The lowest BCUT2D eigenvalue weighted by Crippen LogP contribution is -2.24. The Morgan fingerprint density at radius 1 is 0.833 bits per heavy atom. The molecule has 0 aromatic heterocycles. The number of carboxylic acid groups (broad SMARTS) is 1. The summed E-state index contributed by atoms with van der Waals surface area (Å²) in [5.41, 5.74) is 0. The summed E-state index contributed by atoms with van der Waals surface area (Å²) in [7, 11) is 0. The second kappa shape index (κ2) is 16.2. The van der Waals surface area contributed by atoms with Gasteiger partial charge in [0.2, 0.25) is 0 Å². The zero-order chi connectivity index (χ0) is 18.0. The molecule has 0 bridgehead atoms. The largest absolute Gasteiger partial charge is 0.481 e. The Kier molecular flexibility index (Phi) is 15.1. The van der Waals surface area contributed by atoms with E-state index in [4.69, 9.17) is 5.11 Å². The molecule has 0 saturated carbocycles. The highest BCUT2D eigenvalue weighted by atomic mass is 16.4. The van der Waals surface area contributed by atoms with Crippen molar-refractivity contribution in [2.75, 3.05) is 0 Å². The summed E-state index contributed by atoms with van der Waals surface area (Å²) >= 11 is 0. The Hall–Kier alpha value is -1.65. The molecule has 0 rings (SSSR count). The lowest BCUT2D eigenvalue weighted by Gasteiger charge is -2.14. The highest BCUT2D eigenvalue weighted by Gasteiger charge is 2.12. The fourth-order valence-electron chi connectivity index (χ4n) is 1.98. The van der Waals surface area contributed by atoms with Crippen LogP contribution in [0.2, 0.25) is 0 Å². The van der Waals surface area contributed by atoms with Crippen LogP contribution in [0.3, 0.4) is 0 Å². The molecule has 0 fully saturated rings.